The van der Waals surface area contributed by atoms with Crippen LogP contribution >= 0.6 is 0 Å². The summed E-state index contributed by atoms with van der Waals surface area (Å²) < 4.78 is 0. The van der Waals surface area contributed by atoms with E-state index < -0.39 is 5.41 Å². The number of hydrogen-bond acceptors (Lipinski definition) is 0. The van der Waals surface area contributed by atoms with Crippen LogP contribution in [0.25, 0.3) is 0 Å². The van der Waals surface area contributed by atoms with Crippen molar-refractivity contribution in [1.82, 2.24) is 0 Å². The van der Waals surface area contributed by atoms with Gasteiger partial charge in [-0.05, 0) is 50.9 Å². The Kier molecular flexibility index (Phi) is 11.7. The minimum atomic E-state index is -0.410. The van der Waals surface area contributed by atoms with Gasteiger partial charge in [-0.15, -0.1) is 36.0 Å². The van der Waals surface area contributed by atoms with Gasteiger partial charge in [0.05, 0.1) is 5.41 Å². The molecule has 0 radical (unpaired) electrons. The summed E-state index contributed by atoms with van der Waals surface area (Å²) in [5.41, 5.74) is -0.121. The quantitative estimate of drug-likeness (QED) is 0.352. The van der Waals surface area contributed by atoms with E-state index in [9.17, 15) is 0 Å². The van der Waals surface area contributed by atoms with E-state index in [0.29, 0.717) is 5.92 Å². The summed E-state index contributed by atoms with van der Waals surface area (Å²) in [6.07, 6.45) is 13.9. The van der Waals surface area contributed by atoms with Gasteiger partial charge in [0, 0.05) is 19.3 Å². The maximum absolute atomic E-state index is 6.07. The molecule has 0 amide bonds. The molecule has 0 N–H and O–H groups in total. The lowest BCUT2D eigenvalue weighted by Gasteiger charge is -2.33. The summed E-state index contributed by atoms with van der Waals surface area (Å²) in [6.45, 7) is 12.8. The van der Waals surface area contributed by atoms with Crippen molar-refractivity contribution < 1.29 is 0 Å². The van der Waals surface area contributed by atoms with E-state index in [0.717, 1.165) is 51.4 Å². The van der Waals surface area contributed by atoms with Crippen LogP contribution in [0.2, 0.25) is 0 Å². The Morgan fingerprint density at radius 1 is 0.920 bits per heavy atom. The lowest BCUT2D eigenvalue weighted by atomic mass is 9.68. The molecule has 0 spiro atoms. The molecule has 0 aliphatic rings. The van der Waals surface area contributed by atoms with E-state index >= 15 is 0 Å². The fourth-order valence-electron chi connectivity index (χ4n) is 2.82. The first-order valence-corrected chi connectivity index (χ1v) is 9.62. The van der Waals surface area contributed by atoms with Crippen LogP contribution in [0.4, 0.5) is 0 Å². The Hall–Kier alpha value is -1.76. The van der Waals surface area contributed by atoms with Gasteiger partial charge in [-0.3, -0.25) is 0 Å². The lowest BCUT2D eigenvalue weighted by Crippen LogP contribution is -2.29. The zero-order valence-corrected chi connectivity index (χ0v) is 17.3. The van der Waals surface area contributed by atoms with E-state index in [4.69, 9.17) is 6.42 Å². The minimum absolute atomic E-state index is 0.289. The van der Waals surface area contributed by atoms with Crippen LogP contribution in [0.3, 0.4) is 0 Å². The molecule has 0 aromatic heterocycles. The van der Waals surface area contributed by atoms with E-state index in [1.165, 1.54) is 0 Å². The van der Waals surface area contributed by atoms with Crippen LogP contribution in [0.1, 0.15) is 92.9 Å². The second-order valence-electron chi connectivity index (χ2n) is 7.87. The van der Waals surface area contributed by atoms with Crippen molar-refractivity contribution in [3.05, 3.63) is 0 Å². The molecule has 0 fully saturated rings. The van der Waals surface area contributed by atoms with Crippen LogP contribution in [-0.4, -0.2) is 0 Å². The minimum Gasteiger partial charge on any atom is -0.118 e. The zero-order chi connectivity index (χ0) is 19.2. The molecule has 0 nitrogen and oxygen atoms in total. The van der Waals surface area contributed by atoms with Gasteiger partial charge in [0.15, 0.2) is 0 Å². The van der Waals surface area contributed by atoms with Crippen LogP contribution in [0.5, 0.6) is 0 Å². The van der Waals surface area contributed by atoms with Crippen molar-refractivity contribution >= 4 is 0 Å². The Balaban J connectivity index is 5.63. The number of rotatable bonds is 8. The highest BCUT2D eigenvalue weighted by Gasteiger charge is 2.35. The molecule has 0 aliphatic heterocycles. The summed E-state index contributed by atoms with van der Waals surface area (Å²) >= 11 is 0. The second kappa shape index (κ2) is 12.6. The summed E-state index contributed by atoms with van der Waals surface area (Å²) in [5, 5.41) is 0. The molecule has 0 saturated carbocycles. The first-order valence-electron chi connectivity index (χ1n) is 9.62. The maximum atomic E-state index is 6.07. The van der Waals surface area contributed by atoms with Crippen molar-refractivity contribution in [1.29, 1.82) is 0 Å². The first kappa shape index (κ1) is 23.2. The van der Waals surface area contributed by atoms with Gasteiger partial charge >= 0.3 is 0 Å². The highest BCUT2D eigenvalue weighted by molar-refractivity contribution is 5.28. The first-order chi connectivity index (χ1) is 11.8. The van der Waals surface area contributed by atoms with Crippen molar-refractivity contribution in [3.63, 3.8) is 0 Å². The van der Waals surface area contributed by atoms with Crippen molar-refractivity contribution in [3.8, 4) is 47.9 Å². The molecule has 0 bridgehead atoms. The average molecular weight is 337 g/mol. The smallest absolute Gasteiger partial charge is 0.0962 e. The van der Waals surface area contributed by atoms with Crippen molar-refractivity contribution in [2.24, 2.45) is 16.7 Å². The van der Waals surface area contributed by atoms with E-state index in [2.05, 4.69) is 69.1 Å². The molecule has 2 atom stereocenters. The third-order valence-electron chi connectivity index (χ3n) is 4.51. The Labute approximate surface area is 157 Å². The number of terminal acetylenes is 1. The molecule has 0 aromatic carbocycles. The Bertz CT molecular complexity index is 589. The highest BCUT2D eigenvalue weighted by Crippen LogP contribution is 2.39. The summed E-state index contributed by atoms with van der Waals surface area (Å²) in [7, 11) is 0. The molecule has 0 saturated heterocycles. The van der Waals surface area contributed by atoms with Crippen molar-refractivity contribution in [2.45, 2.75) is 92.9 Å². The van der Waals surface area contributed by atoms with Gasteiger partial charge in [-0.1, -0.05) is 46.0 Å². The lowest BCUT2D eigenvalue weighted by molar-refractivity contribution is 0.244. The maximum Gasteiger partial charge on any atom is 0.0962 e. The summed E-state index contributed by atoms with van der Waals surface area (Å²) in [5.74, 6) is 22.7. The molecule has 2 unspecified atom stereocenters. The number of hydrogen-bond donors (Lipinski definition) is 0. The normalized spacial score (nSPS) is 13.6. The largest absolute Gasteiger partial charge is 0.118 e. The molecule has 136 valence electrons. The topological polar surface area (TPSA) is 0 Å². The third-order valence-corrected chi connectivity index (χ3v) is 4.51. The molecular formula is C25H36. The zero-order valence-electron chi connectivity index (χ0n) is 17.3. The van der Waals surface area contributed by atoms with Crippen LogP contribution in [0.15, 0.2) is 0 Å². The molecule has 0 aromatic rings. The summed E-state index contributed by atoms with van der Waals surface area (Å²) in [6, 6.07) is 0. The Morgan fingerprint density at radius 3 is 2.12 bits per heavy atom. The van der Waals surface area contributed by atoms with Gasteiger partial charge < -0.3 is 0 Å². The van der Waals surface area contributed by atoms with Crippen LogP contribution in [0, 0.1) is 64.6 Å². The van der Waals surface area contributed by atoms with Gasteiger partial charge in [-0.25, -0.2) is 0 Å². The molecule has 0 rings (SSSR count). The molecule has 25 heavy (non-hydrogen) atoms. The highest BCUT2D eigenvalue weighted by atomic mass is 14.4. The predicted molar refractivity (Wildman–Crippen MR) is 111 cm³/mol. The number of unbranched alkanes of at least 4 members (excludes halogenated alkanes) is 2. The van der Waals surface area contributed by atoms with Crippen molar-refractivity contribution in [2.75, 3.05) is 0 Å². The van der Waals surface area contributed by atoms with E-state index in [1.807, 2.05) is 13.8 Å². The SMILES string of the molecule is C#CC(C#CCCCC)(CCC#CC)C(CC#CC)CCC(C)(C)C. The van der Waals surface area contributed by atoms with Gasteiger partial charge in [0.1, 0.15) is 0 Å². The van der Waals surface area contributed by atoms with Crippen LogP contribution in [-0.2, 0) is 0 Å². The molecule has 0 aliphatic carbocycles. The molecule has 0 heterocycles. The standard InChI is InChI=1S/C25H36/c1-8-12-15-17-21-25(11-4,20-16-13-9-2)23(18-14-10-3)19-22-24(5,6)7/h4,23H,8,12,15-16,18-20,22H2,1-3,5-7H3. The molecular weight excluding hydrogens is 300 g/mol. The predicted octanol–water partition coefficient (Wildman–Crippen LogP) is 6.46. The average Bonchev–Trinajstić information content (AvgIpc) is 2.57. The second-order valence-corrected chi connectivity index (χ2v) is 7.87. The van der Waals surface area contributed by atoms with Gasteiger partial charge in [-0.2, -0.15) is 0 Å². The fourth-order valence-corrected chi connectivity index (χ4v) is 2.82. The Morgan fingerprint density at radius 2 is 1.60 bits per heavy atom. The third kappa shape index (κ3) is 9.96. The van der Waals surface area contributed by atoms with E-state index in [1.54, 1.807) is 0 Å². The van der Waals surface area contributed by atoms with E-state index in [-0.39, 0.29) is 5.41 Å². The summed E-state index contributed by atoms with van der Waals surface area (Å²) in [4.78, 5) is 0. The fraction of sp³-hybridized carbons (Fsp3) is 0.680. The van der Waals surface area contributed by atoms with Crippen LogP contribution < -0.4 is 0 Å². The van der Waals surface area contributed by atoms with Gasteiger partial charge in [0.2, 0.25) is 0 Å². The van der Waals surface area contributed by atoms with Gasteiger partial charge in [0.25, 0.3) is 0 Å². The molecule has 0 heteroatoms. The monoisotopic (exact) mass is 336 g/mol.